The molecule has 0 unspecified atom stereocenters. The predicted molar refractivity (Wildman–Crippen MR) is 139 cm³/mol. The van der Waals surface area contributed by atoms with Crippen molar-refractivity contribution in [3.63, 3.8) is 0 Å². The fourth-order valence-electron chi connectivity index (χ4n) is 4.47. The second-order valence-electron chi connectivity index (χ2n) is 9.07. The molecule has 1 aliphatic heterocycles. The number of ether oxygens (including phenoxy) is 1. The molecule has 0 bridgehead atoms. The molecule has 6 nitrogen and oxygen atoms in total. The van der Waals surface area contributed by atoms with Crippen molar-refractivity contribution in [2.24, 2.45) is 5.92 Å². The van der Waals surface area contributed by atoms with Crippen molar-refractivity contribution in [3.05, 3.63) is 53.6 Å². The standard InChI is InChI=1S/C26H35N3O3S2/c1-4-32-16-8-15-29-25-13-12-23(34(30,31)28-14-7-9-20(2)18-28)17-24(25)27-26(29)33-19-22-11-6-5-10-21(22)3/h5-6,10-13,17,20H,4,7-9,14-16,18-19H2,1-3H3/t20-/m0/s1. The van der Waals surface area contributed by atoms with Crippen LogP contribution in [0.5, 0.6) is 0 Å². The first-order valence-corrected chi connectivity index (χ1v) is 14.6. The molecule has 0 radical (unpaired) electrons. The van der Waals surface area contributed by atoms with Gasteiger partial charge in [-0.05, 0) is 68.4 Å². The number of rotatable bonds is 10. The third-order valence-corrected chi connectivity index (χ3v) is 9.32. The maximum absolute atomic E-state index is 13.3. The summed E-state index contributed by atoms with van der Waals surface area (Å²) in [7, 11) is -3.52. The summed E-state index contributed by atoms with van der Waals surface area (Å²) in [6.07, 6.45) is 2.87. The molecule has 1 aliphatic rings. The van der Waals surface area contributed by atoms with Crippen LogP contribution in [-0.2, 0) is 27.1 Å². The molecule has 1 fully saturated rings. The molecule has 34 heavy (non-hydrogen) atoms. The van der Waals surface area contributed by atoms with Crippen molar-refractivity contribution in [3.8, 4) is 0 Å². The lowest BCUT2D eigenvalue weighted by atomic mass is 10.0. The zero-order chi connectivity index (χ0) is 24.1. The molecule has 8 heteroatoms. The topological polar surface area (TPSA) is 64.4 Å². The Morgan fingerprint density at radius 2 is 2.03 bits per heavy atom. The Labute approximate surface area is 207 Å². The first-order chi connectivity index (χ1) is 16.4. The van der Waals surface area contributed by atoms with Crippen molar-refractivity contribution < 1.29 is 13.2 Å². The number of piperidine rings is 1. The lowest BCUT2D eigenvalue weighted by Gasteiger charge is -2.30. The Morgan fingerprint density at radius 3 is 2.79 bits per heavy atom. The van der Waals surface area contributed by atoms with Crippen LogP contribution < -0.4 is 0 Å². The number of imidazole rings is 1. The van der Waals surface area contributed by atoms with Gasteiger partial charge in [0.05, 0.1) is 15.9 Å². The average molecular weight is 502 g/mol. The van der Waals surface area contributed by atoms with Crippen LogP contribution in [0.3, 0.4) is 0 Å². The van der Waals surface area contributed by atoms with E-state index >= 15 is 0 Å². The highest BCUT2D eigenvalue weighted by atomic mass is 32.2. The number of benzene rings is 2. The molecule has 1 saturated heterocycles. The van der Waals surface area contributed by atoms with E-state index in [0.717, 1.165) is 47.7 Å². The second kappa shape index (κ2) is 11.2. The van der Waals surface area contributed by atoms with Gasteiger partial charge in [0.25, 0.3) is 0 Å². The zero-order valence-electron chi connectivity index (χ0n) is 20.4. The second-order valence-corrected chi connectivity index (χ2v) is 12.0. The maximum atomic E-state index is 13.3. The predicted octanol–water partition coefficient (Wildman–Crippen LogP) is 5.48. The van der Waals surface area contributed by atoms with Crippen LogP contribution in [0.15, 0.2) is 52.5 Å². The van der Waals surface area contributed by atoms with Gasteiger partial charge in [-0.3, -0.25) is 0 Å². The number of hydrogen-bond donors (Lipinski definition) is 0. The first kappa shape index (κ1) is 25.2. The quantitative estimate of drug-likeness (QED) is 0.272. The molecule has 0 amide bonds. The lowest BCUT2D eigenvalue weighted by molar-refractivity contribution is 0.141. The summed E-state index contributed by atoms with van der Waals surface area (Å²) in [4.78, 5) is 5.23. The van der Waals surface area contributed by atoms with E-state index in [0.29, 0.717) is 37.1 Å². The van der Waals surface area contributed by atoms with Gasteiger partial charge in [0, 0.05) is 38.6 Å². The number of nitrogens with zero attached hydrogens (tertiary/aromatic N) is 3. The number of fused-ring (bicyclic) bond motifs is 1. The van der Waals surface area contributed by atoms with Gasteiger partial charge >= 0.3 is 0 Å². The number of aromatic nitrogens is 2. The summed E-state index contributed by atoms with van der Waals surface area (Å²) in [5.74, 6) is 1.21. The Morgan fingerprint density at radius 1 is 1.21 bits per heavy atom. The van der Waals surface area contributed by atoms with Crippen molar-refractivity contribution in [1.29, 1.82) is 0 Å². The van der Waals surface area contributed by atoms with E-state index in [9.17, 15) is 8.42 Å². The molecule has 0 aliphatic carbocycles. The maximum Gasteiger partial charge on any atom is 0.243 e. The summed E-state index contributed by atoms with van der Waals surface area (Å²) >= 11 is 1.70. The summed E-state index contributed by atoms with van der Waals surface area (Å²) in [6.45, 7) is 9.60. The Hall–Kier alpha value is -1.87. The highest BCUT2D eigenvalue weighted by Crippen LogP contribution is 2.31. The Balaban J connectivity index is 1.64. The molecule has 4 rings (SSSR count). The van der Waals surface area contributed by atoms with E-state index in [1.807, 2.05) is 13.0 Å². The fraction of sp³-hybridized carbons (Fsp3) is 0.500. The molecule has 1 atom stereocenters. The minimum Gasteiger partial charge on any atom is -0.382 e. The van der Waals surface area contributed by atoms with Crippen LogP contribution in [0.25, 0.3) is 11.0 Å². The molecule has 2 heterocycles. The van der Waals surface area contributed by atoms with E-state index < -0.39 is 10.0 Å². The minimum absolute atomic E-state index is 0.337. The highest BCUT2D eigenvalue weighted by molar-refractivity contribution is 7.98. The fourth-order valence-corrected chi connectivity index (χ4v) is 7.21. The number of thioether (sulfide) groups is 1. The summed E-state index contributed by atoms with van der Waals surface area (Å²) in [6, 6.07) is 13.8. The Bertz CT molecular complexity index is 1220. The molecule has 0 spiro atoms. The van der Waals surface area contributed by atoms with Gasteiger partial charge in [0.2, 0.25) is 10.0 Å². The van der Waals surface area contributed by atoms with Crippen LogP contribution in [0.2, 0.25) is 0 Å². The SMILES string of the molecule is CCOCCCn1c(SCc2ccccc2C)nc2cc(S(=O)(=O)N3CCC[C@H](C)C3)ccc21. The van der Waals surface area contributed by atoms with Gasteiger partial charge in [-0.15, -0.1) is 0 Å². The molecule has 0 N–H and O–H groups in total. The van der Waals surface area contributed by atoms with E-state index in [1.165, 1.54) is 11.1 Å². The van der Waals surface area contributed by atoms with Crippen molar-refractivity contribution in [1.82, 2.24) is 13.9 Å². The van der Waals surface area contributed by atoms with Crippen LogP contribution in [0.1, 0.15) is 44.2 Å². The molecule has 2 aromatic carbocycles. The summed E-state index contributed by atoms with van der Waals surface area (Å²) in [5, 5.41) is 0.913. The van der Waals surface area contributed by atoms with Crippen molar-refractivity contribution in [2.75, 3.05) is 26.3 Å². The lowest BCUT2D eigenvalue weighted by Crippen LogP contribution is -2.39. The van der Waals surface area contributed by atoms with E-state index in [1.54, 1.807) is 28.2 Å². The van der Waals surface area contributed by atoms with Crippen molar-refractivity contribution in [2.45, 2.75) is 62.4 Å². The monoisotopic (exact) mass is 501 g/mol. The zero-order valence-corrected chi connectivity index (χ0v) is 22.0. The molecule has 184 valence electrons. The number of aryl methyl sites for hydroxylation is 2. The van der Waals surface area contributed by atoms with Gasteiger partial charge < -0.3 is 9.30 Å². The molecule has 0 saturated carbocycles. The van der Waals surface area contributed by atoms with Gasteiger partial charge in [-0.2, -0.15) is 4.31 Å². The summed E-state index contributed by atoms with van der Waals surface area (Å²) < 4.78 is 36.0. The van der Waals surface area contributed by atoms with E-state index in [4.69, 9.17) is 9.72 Å². The van der Waals surface area contributed by atoms with Gasteiger partial charge in [-0.1, -0.05) is 43.0 Å². The van der Waals surface area contributed by atoms with Gasteiger partial charge in [0.1, 0.15) is 0 Å². The molecule has 3 aromatic rings. The highest BCUT2D eigenvalue weighted by Gasteiger charge is 2.29. The van der Waals surface area contributed by atoms with Crippen LogP contribution >= 0.6 is 11.8 Å². The summed E-state index contributed by atoms with van der Waals surface area (Å²) in [5.41, 5.74) is 4.24. The Kier molecular flexibility index (Phi) is 8.34. The minimum atomic E-state index is -3.52. The average Bonchev–Trinajstić information content (AvgIpc) is 3.18. The van der Waals surface area contributed by atoms with Gasteiger partial charge in [0.15, 0.2) is 5.16 Å². The molecular formula is C26H35N3O3S2. The largest absolute Gasteiger partial charge is 0.382 e. The normalized spacial score (nSPS) is 17.4. The van der Waals surface area contributed by atoms with Crippen LogP contribution in [-0.4, -0.2) is 48.6 Å². The third-order valence-electron chi connectivity index (χ3n) is 6.43. The van der Waals surface area contributed by atoms with Gasteiger partial charge in [-0.25, -0.2) is 13.4 Å². The molecular weight excluding hydrogens is 466 g/mol. The third kappa shape index (κ3) is 5.67. The van der Waals surface area contributed by atoms with Crippen LogP contribution in [0.4, 0.5) is 0 Å². The molecule has 1 aromatic heterocycles. The van der Waals surface area contributed by atoms with E-state index in [2.05, 4.69) is 42.7 Å². The van der Waals surface area contributed by atoms with Crippen molar-refractivity contribution >= 4 is 32.8 Å². The smallest absolute Gasteiger partial charge is 0.243 e. The number of hydrogen-bond acceptors (Lipinski definition) is 5. The number of sulfonamides is 1. The first-order valence-electron chi connectivity index (χ1n) is 12.2. The van der Waals surface area contributed by atoms with E-state index in [-0.39, 0.29) is 0 Å². The van der Waals surface area contributed by atoms with Crippen LogP contribution in [0, 0.1) is 12.8 Å².